The van der Waals surface area contributed by atoms with Gasteiger partial charge in [0.15, 0.2) is 7.14 Å². The summed E-state index contributed by atoms with van der Waals surface area (Å²) in [5.74, 6) is 0.869. The lowest BCUT2D eigenvalue weighted by atomic mass is 9.96. The van der Waals surface area contributed by atoms with E-state index < -0.39 is 7.14 Å². The van der Waals surface area contributed by atoms with E-state index >= 15 is 0 Å². The number of ether oxygens (including phenoxy) is 1. The van der Waals surface area contributed by atoms with Crippen LogP contribution in [-0.4, -0.2) is 6.61 Å². The minimum absolute atomic E-state index is 0.260. The van der Waals surface area contributed by atoms with Crippen molar-refractivity contribution in [2.45, 2.75) is 46.0 Å². The molecule has 0 heterocycles. The zero-order valence-corrected chi connectivity index (χ0v) is 19.9. The van der Waals surface area contributed by atoms with Gasteiger partial charge in [0.1, 0.15) is 12.4 Å². The zero-order chi connectivity index (χ0) is 22.4. The van der Waals surface area contributed by atoms with Gasteiger partial charge in [-0.1, -0.05) is 85.3 Å². The van der Waals surface area contributed by atoms with Crippen LogP contribution in [0, 0.1) is 13.8 Å². The monoisotopic (exact) mass is 442 g/mol. The molecular formula is C29H31O2P. The fourth-order valence-corrected chi connectivity index (χ4v) is 7.08. The van der Waals surface area contributed by atoms with Crippen LogP contribution in [0.15, 0.2) is 95.5 Å². The molecule has 0 unspecified atom stereocenters. The van der Waals surface area contributed by atoms with E-state index in [1.807, 2.05) is 66.7 Å². The van der Waals surface area contributed by atoms with Crippen molar-refractivity contribution < 1.29 is 9.30 Å². The summed E-state index contributed by atoms with van der Waals surface area (Å²) in [6.45, 7) is 4.37. The molecule has 2 nitrogen and oxygen atoms in total. The van der Waals surface area contributed by atoms with Gasteiger partial charge in [-0.25, -0.2) is 0 Å². The average Bonchev–Trinajstić information content (AvgIpc) is 2.84. The number of aryl methyl sites for hydroxylation is 2. The second-order valence-electron chi connectivity index (χ2n) is 8.53. The maximum absolute atomic E-state index is 15.0. The van der Waals surface area contributed by atoms with Crippen LogP contribution in [0.4, 0.5) is 0 Å². The molecule has 0 bridgehead atoms. The lowest BCUT2D eigenvalue weighted by Crippen LogP contribution is -2.20. The molecule has 1 aliphatic carbocycles. The van der Waals surface area contributed by atoms with Gasteiger partial charge in [0, 0.05) is 10.6 Å². The van der Waals surface area contributed by atoms with Crippen molar-refractivity contribution >= 4 is 17.8 Å². The molecule has 0 N–H and O–H groups in total. The fraction of sp³-hybridized carbons (Fsp3) is 0.276. The Morgan fingerprint density at radius 3 is 1.84 bits per heavy atom. The Morgan fingerprint density at radius 2 is 1.31 bits per heavy atom. The molecule has 1 aliphatic rings. The van der Waals surface area contributed by atoms with Gasteiger partial charge < -0.3 is 9.30 Å². The molecule has 3 aromatic carbocycles. The van der Waals surface area contributed by atoms with E-state index in [0.29, 0.717) is 0 Å². The number of benzene rings is 3. The summed E-state index contributed by atoms with van der Waals surface area (Å²) in [5.41, 5.74) is 7.09. The van der Waals surface area contributed by atoms with Crippen molar-refractivity contribution in [3.63, 3.8) is 0 Å². The number of hydrogen-bond acceptors (Lipinski definition) is 2. The Kier molecular flexibility index (Phi) is 7.15. The van der Waals surface area contributed by atoms with Crippen LogP contribution >= 0.6 is 7.14 Å². The molecule has 0 atom stereocenters. The van der Waals surface area contributed by atoms with Gasteiger partial charge in [-0.3, -0.25) is 0 Å². The molecule has 1 saturated carbocycles. The molecule has 0 aromatic heterocycles. The van der Waals surface area contributed by atoms with Crippen LogP contribution in [0.3, 0.4) is 0 Å². The summed E-state index contributed by atoms with van der Waals surface area (Å²) >= 11 is 0. The predicted molar refractivity (Wildman–Crippen MR) is 135 cm³/mol. The second kappa shape index (κ2) is 10.2. The summed E-state index contributed by atoms with van der Waals surface area (Å²) in [7, 11) is -3.11. The van der Waals surface area contributed by atoms with Gasteiger partial charge >= 0.3 is 0 Å². The molecule has 0 saturated heterocycles. The third-order valence-corrected chi connectivity index (χ3v) is 9.21. The van der Waals surface area contributed by atoms with Crippen LogP contribution < -0.4 is 15.3 Å². The Bertz CT molecular complexity index is 1100. The maximum Gasteiger partial charge on any atom is 0.177 e. The molecule has 3 heteroatoms. The quantitative estimate of drug-likeness (QED) is 0.301. The van der Waals surface area contributed by atoms with E-state index in [-0.39, 0.29) is 6.61 Å². The lowest BCUT2D eigenvalue weighted by molar-refractivity contribution is 0.353. The lowest BCUT2D eigenvalue weighted by Gasteiger charge is -2.23. The first-order chi connectivity index (χ1) is 15.6. The normalized spacial score (nSPS) is 14.0. The fourth-order valence-electron chi connectivity index (χ4n) is 4.42. The summed E-state index contributed by atoms with van der Waals surface area (Å²) in [6.07, 6.45) is 5.66. The summed E-state index contributed by atoms with van der Waals surface area (Å²) in [6, 6.07) is 25.8. The molecule has 32 heavy (non-hydrogen) atoms. The van der Waals surface area contributed by atoms with Gasteiger partial charge in [-0.15, -0.1) is 5.73 Å². The Morgan fingerprint density at radius 1 is 0.781 bits per heavy atom. The first-order valence-electron chi connectivity index (χ1n) is 11.5. The number of para-hydroxylation sites is 1. The van der Waals surface area contributed by atoms with Crippen molar-refractivity contribution in [2.24, 2.45) is 0 Å². The molecule has 0 radical (unpaired) electrons. The van der Waals surface area contributed by atoms with E-state index in [4.69, 9.17) is 4.74 Å². The Balaban J connectivity index is 1.87. The van der Waals surface area contributed by atoms with E-state index in [1.165, 1.54) is 24.8 Å². The third-order valence-electron chi connectivity index (χ3n) is 6.16. The smallest absolute Gasteiger partial charge is 0.177 e. The molecule has 0 spiro atoms. The first kappa shape index (κ1) is 22.4. The van der Waals surface area contributed by atoms with E-state index in [2.05, 4.69) is 31.7 Å². The molecule has 0 aliphatic heterocycles. The van der Waals surface area contributed by atoms with Gasteiger partial charge in [0.05, 0.1) is 5.31 Å². The topological polar surface area (TPSA) is 26.3 Å². The predicted octanol–water partition coefficient (Wildman–Crippen LogP) is 7.07. The zero-order valence-electron chi connectivity index (χ0n) is 19.0. The maximum atomic E-state index is 15.0. The Labute approximate surface area is 192 Å². The van der Waals surface area contributed by atoms with Gasteiger partial charge in [-0.05, 0) is 56.2 Å². The molecule has 164 valence electrons. The van der Waals surface area contributed by atoms with E-state index in [1.54, 1.807) is 0 Å². The number of rotatable bonds is 6. The minimum Gasteiger partial charge on any atom is -0.488 e. The largest absolute Gasteiger partial charge is 0.488 e. The van der Waals surface area contributed by atoms with Crippen LogP contribution in [0.2, 0.25) is 0 Å². The van der Waals surface area contributed by atoms with Crippen LogP contribution in [0.5, 0.6) is 5.75 Å². The molecule has 0 amide bonds. The summed E-state index contributed by atoms with van der Waals surface area (Å²) < 4.78 is 21.4. The van der Waals surface area contributed by atoms with Crippen LogP contribution in [-0.2, 0) is 4.57 Å². The van der Waals surface area contributed by atoms with Gasteiger partial charge in [0.2, 0.25) is 0 Å². The Hall–Kier alpha value is -2.79. The summed E-state index contributed by atoms with van der Waals surface area (Å²) in [5, 5.41) is 2.42. The van der Waals surface area contributed by atoms with E-state index in [0.717, 1.165) is 45.6 Å². The van der Waals surface area contributed by atoms with Crippen molar-refractivity contribution in [1.82, 2.24) is 0 Å². The third kappa shape index (κ3) is 4.83. The highest BCUT2D eigenvalue weighted by Crippen LogP contribution is 2.52. The van der Waals surface area contributed by atoms with Crippen molar-refractivity contribution in [3.05, 3.63) is 107 Å². The standard InChI is InChI=1S/C29H31O2P/c1-23-13-12-14-24(2)29(23)31-22-28(21-25-15-6-3-7-16-25)32(30,26-17-8-4-9-18-26)27-19-10-5-11-20-27/h4-5,8-14,17-20H,3,6-7,15-16,22H2,1-2H3. The highest BCUT2D eigenvalue weighted by molar-refractivity contribution is 7.82. The van der Waals surface area contributed by atoms with Crippen molar-refractivity contribution in [2.75, 3.05) is 6.61 Å². The number of hydrogen-bond donors (Lipinski definition) is 0. The molecule has 3 aromatic rings. The van der Waals surface area contributed by atoms with Crippen LogP contribution in [0.25, 0.3) is 0 Å². The minimum atomic E-state index is -3.11. The SMILES string of the molecule is Cc1cccc(C)c1OCC(=C=C1CCCCC1)P(=O)(c1ccccc1)c1ccccc1. The van der Waals surface area contributed by atoms with E-state index in [9.17, 15) is 4.57 Å². The molecular weight excluding hydrogens is 411 g/mol. The highest BCUT2D eigenvalue weighted by Gasteiger charge is 2.33. The van der Waals surface area contributed by atoms with Crippen LogP contribution in [0.1, 0.15) is 43.2 Å². The first-order valence-corrected chi connectivity index (χ1v) is 13.2. The summed E-state index contributed by atoms with van der Waals surface area (Å²) in [4.78, 5) is 0. The molecule has 1 fully saturated rings. The second-order valence-corrected chi connectivity index (χ2v) is 11.3. The van der Waals surface area contributed by atoms with Gasteiger partial charge in [-0.2, -0.15) is 0 Å². The molecule has 4 rings (SSSR count). The van der Waals surface area contributed by atoms with Gasteiger partial charge in [0.25, 0.3) is 0 Å². The highest BCUT2D eigenvalue weighted by atomic mass is 31.2. The van der Waals surface area contributed by atoms with Crippen molar-refractivity contribution in [1.29, 1.82) is 0 Å². The van der Waals surface area contributed by atoms with Crippen molar-refractivity contribution in [3.8, 4) is 5.75 Å². The average molecular weight is 443 g/mol.